The minimum atomic E-state index is -1.57. The molecule has 9 heteroatoms. The quantitative estimate of drug-likeness (QED) is 0.370. The van der Waals surface area contributed by atoms with Gasteiger partial charge in [-0.05, 0) is 62.9 Å². The van der Waals surface area contributed by atoms with Gasteiger partial charge in [-0.3, -0.25) is 19.4 Å². The summed E-state index contributed by atoms with van der Waals surface area (Å²) in [6.07, 6.45) is 0.262. The van der Waals surface area contributed by atoms with E-state index in [0.717, 1.165) is 16.7 Å². The van der Waals surface area contributed by atoms with Crippen LogP contribution in [-0.2, 0) is 22.6 Å². The normalized spacial score (nSPS) is 17.6. The molecule has 2 aromatic carbocycles. The van der Waals surface area contributed by atoms with Gasteiger partial charge in [0.2, 0.25) is 5.91 Å². The number of hydrogen-bond acceptors (Lipinski definition) is 6. The van der Waals surface area contributed by atoms with Crippen molar-refractivity contribution in [1.82, 2.24) is 20.5 Å². The molecule has 0 radical (unpaired) electrons. The molecule has 0 unspecified atom stereocenters. The fourth-order valence-electron chi connectivity index (χ4n) is 4.92. The number of nitrogens with one attached hydrogen (secondary N) is 2. The fraction of sp³-hybridized carbons (Fsp3) is 0.355. The summed E-state index contributed by atoms with van der Waals surface area (Å²) < 4.78 is -0.573. The summed E-state index contributed by atoms with van der Waals surface area (Å²) >= 11 is 1.48. The number of carbonyl (C=O) groups excluding carboxylic acids is 3. The number of pyridine rings is 1. The van der Waals surface area contributed by atoms with Gasteiger partial charge in [0, 0.05) is 23.2 Å². The summed E-state index contributed by atoms with van der Waals surface area (Å²) in [4.78, 5) is 46.1. The Balaban J connectivity index is 1.55. The first-order valence-electron chi connectivity index (χ1n) is 13.3. The number of aryl methyl sites for hydroxylation is 2. The summed E-state index contributed by atoms with van der Waals surface area (Å²) in [5, 5.41) is 17.3. The van der Waals surface area contributed by atoms with E-state index < -0.39 is 34.7 Å². The highest BCUT2D eigenvalue weighted by Gasteiger charge is 2.49. The van der Waals surface area contributed by atoms with Crippen LogP contribution in [0.15, 0.2) is 72.9 Å². The number of rotatable bonds is 9. The minimum absolute atomic E-state index is 0.229. The number of thioether (sulfide) groups is 1. The summed E-state index contributed by atoms with van der Waals surface area (Å²) in [6.45, 7) is 7.89. The topological polar surface area (TPSA) is 112 Å². The van der Waals surface area contributed by atoms with Crippen LogP contribution in [0.2, 0.25) is 0 Å². The Hall–Kier alpha value is -3.69. The molecule has 0 bridgehead atoms. The second-order valence-corrected chi connectivity index (χ2v) is 12.2. The molecular formula is C31H36N4O4S. The summed E-state index contributed by atoms with van der Waals surface area (Å²) in [7, 11) is 0. The third-order valence-corrected chi connectivity index (χ3v) is 8.67. The molecule has 3 amide bonds. The summed E-state index contributed by atoms with van der Waals surface area (Å²) in [5.41, 5.74) is 3.82. The van der Waals surface area contributed by atoms with Crippen molar-refractivity contribution in [3.63, 3.8) is 0 Å². The van der Waals surface area contributed by atoms with Crippen molar-refractivity contribution in [2.75, 3.05) is 5.88 Å². The number of aromatic nitrogens is 1. The number of aliphatic hydroxyl groups excluding tert-OH is 1. The van der Waals surface area contributed by atoms with E-state index in [4.69, 9.17) is 0 Å². The Morgan fingerprint density at radius 3 is 2.45 bits per heavy atom. The molecule has 0 spiro atoms. The molecule has 0 saturated carbocycles. The molecule has 2 heterocycles. The van der Waals surface area contributed by atoms with Gasteiger partial charge in [0.05, 0.1) is 17.5 Å². The maximum atomic E-state index is 13.8. The predicted molar refractivity (Wildman–Crippen MR) is 157 cm³/mol. The van der Waals surface area contributed by atoms with Crippen LogP contribution in [0.3, 0.4) is 0 Å². The van der Waals surface area contributed by atoms with Gasteiger partial charge in [0.1, 0.15) is 6.04 Å². The number of hydrogen-bond donors (Lipinski definition) is 3. The van der Waals surface area contributed by atoms with Crippen molar-refractivity contribution in [1.29, 1.82) is 0 Å². The van der Waals surface area contributed by atoms with Crippen LogP contribution in [0.1, 0.15) is 46.6 Å². The number of nitrogens with zero attached hydrogens (tertiary/aromatic N) is 2. The highest BCUT2D eigenvalue weighted by atomic mass is 32.2. The Morgan fingerprint density at radius 1 is 1.05 bits per heavy atom. The molecule has 3 atom stereocenters. The Kier molecular flexibility index (Phi) is 9.27. The first-order valence-corrected chi connectivity index (χ1v) is 14.3. The molecule has 210 valence electrons. The SMILES string of the molecule is Cc1ccccc1CNC(=O)[C@H]1N(C(=O)[C@@H](O)[C@H](Cc2ccccc2)NC(=O)c2cccnc2C)CSC1(C)C. The Morgan fingerprint density at radius 2 is 1.75 bits per heavy atom. The molecule has 1 aliphatic heterocycles. The van der Waals surface area contributed by atoms with Crippen molar-refractivity contribution in [3.05, 3.63) is 101 Å². The van der Waals surface area contributed by atoms with Gasteiger partial charge in [0.15, 0.2) is 6.10 Å². The second-order valence-electron chi connectivity index (χ2n) is 10.6. The third-order valence-electron chi connectivity index (χ3n) is 7.29. The summed E-state index contributed by atoms with van der Waals surface area (Å²) in [5.74, 6) is -1.06. The summed E-state index contributed by atoms with van der Waals surface area (Å²) in [6, 6.07) is 18.8. The van der Waals surface area contributed by atoms with Crippen LogP contribution in [-0.4, -0.2) is 61.5 Å². The van der Waals surface area contributed by atoms with Crippen molar-refractivity contribution in [2.24, 2.45) is 0 Å². The lowest BCUT2D eigenvalue weighted by molar-refractivity contribution is -0.147. The molecular weight excluding hydrogens is 524 g/mol. The maximum Gasteiger partial charge on any atom is 0.254 e. The fourth-order valence-corrected chi connectivity index (χ4v) is 6.06. The van der Waals surface area contributed by atoms with E-state index in [1.165, 1.54) is 16.7 Å². The first-order chi connectivity index (χ1) is 19.1. The van der Waals surface area contributed by atoms with Crippen molar-refractivity contribution >= 4 is 29.5 Å². The predicted octanol–water partition coefficient (Wildman–Crippen LogP) is 3.40. The average Bonchev–Trinajstić information content (AvgIpc) is 3.26. The van der Waals surface area contributed by atoms with E-state index in [1.54, 1.807) is 25.3 Å². The van der Waals surface area contributed by atoms with E-state index >= 15 is 0 Å². The molecule has 1 saturated heterocycles. The zero-order valence-corrected chi connectivity index (χ0v) is 24.1. The Bertz CT molecular complexity index is 1360. The van der Waals surface area contributed by atoms with E-state index in [0.29, 0.717) is 17.8 Å². The van der Waals surface area contributed by atoms with Gasteiger partial charge < -0.3 is 20.6 Å². The molecule has 1 aliphatic rings. The van der Waals surface area contributed by atoms with Gasteiger partial charge in [0.25, 0.3) is 11.8 Å². The molecule has 0 aliphatic carbocycles. The van der Waals surface area contributed by atoms with Crippen molar-refractivity contribution in [3.8, 4) is 0 Å². The van der Waals surface area contributed by atoms with Gasteiger partial charge in [-0.15, -0.1) is 11.8 Å². The molecule has 1 aromatic heterocycles. The van der Waals surface area contributed by atoms with Crippen LogP contribution < -0.4 is 10.6 Å². The van der Waals surface area contributed by atoms with Crippen LogP contribution >= 0.6 is 11.8 Å². The van der Waals surface area contributed by atoms with Gasteiger partial charge in [-0.25, -0.2) is 0 Å². The number of carbonyl (C=O) groups is 3. The number of aliphatic hydroxyl groups is 1. The lowest BCUT2D eigenvalue weighted by Crippen LogP contribution is -2.58. The smallest absolute Gasteiger partial charge is 0.254 e. The molecule has 8 nitrogen and oxygen atoms in total. The number of amides is 3. The van der Waals surface area contributed by atoms with Crippen LogP contribution in [0.25, 0.3) is 0 Å². The van der Waals surface area contributed by atoms with E-state index in [1.807, 2.05) is 75.4 Å². The third kappa shape index (κ3) is 6.71. The van der Waals surface area contributed by atoms with Gasteiger partial charge >= 0.3 is 0 Å². The standard InChI is InChI=1S/C31H36N4O4S/c1-20-11-8-9-14-23(20)18-33-29(38)27-31(3,4)40-19-35(27)30(39)26(36)25(17-22-12-6-5-7-13-22)34-28(37)24-15-10-16-32-21(24)2/h5-16,25-27,36H,17-19H2,1-4H3,(H,33,38)(H,34,37)/t25-,26-,27+/m0/s1. The molecule has 3 N–H and O–H groups in total. The Labute approximate surface area is 239 Å². The largest absolute Gasteiger partial charge is 0.381 e. The van der Waals surface area contributed by atoms with E-state index in [2.05, 4.69) is 15.6 Å². The molecule has 1 fully saturated rings. The lowest BCUT2D eigenvalue weighted by Gasteiger charge is -2.33. The second kappa shape index (κ2) is 12.7. The minimum Gasteiger partial charge on any atom is -0.381 e. The first kappa shape index (κ1) is 29.3. The number of benzene rings is 2. The van der Waals surface area contributed by atoms with Crippen molar-refractivity contribution < 1.29 is 19.5 Å². The lowest BCUT2D eigenvalue weighted by atomic mass is 9.96. The van der Waals surface area contributed by atoms with Gasteiger partial charge in [-0.1, -0.05) is 54.6 Å². The zero-order valence-electron chi connectivity index (χ0n) is 23.3. The van der Waals surface area contributed by atoms with E-state index in [9.17, 15) is 19.5 Å². The average molecular weight is 561 g/mol. The highest BCUT2D eigenvalue weighted by molar-refractivity contribution is 8.00. The highest BCUT2D eigenvalue weighted by Crippen LogP contribution is 2.40. The molecule has 4 rings (SSSR count). The molecule has 40 heavy (non-hydrogen) atoms. The van der Waals surface area contributed by atoms with Crippen LogP contribution in [0, 0.1) is 13.8 Å². The monoisotopic (exact) mass is 560 g/mol. The zero-order chi connectivity index (χ0) is 28.9. The van der Waals surface area contributed by atoms with Gasteiger partial charge in [-0.2, -0.15) is 0 Å². The van der Waals surface area contributed by atoms with Crippen LogP contribution in [0.5, 0.6) is 0 Å². The molecule has 3 aromatic rings. The van der Waals surface area contributed by atoms with Crippen LogP contribution in [0.4, 0.5) is 0 Å². The maximum absolute atomic E-state index is 13.8. The van der Waals surface area contributed by atoms with E-state index in [-0.39, 0.29) is 18.2 Å². The van der Waals surface area contributed by atoms with Crippen molar-refractivity contribution in [2.45, 2.75) is 63.6 Å².